The Kier molecular flexibility index (Phi) is 22.0. The Morgan fingerprint density at radius 1 is 0.506 bits per heavy atom. The first-order valence-corrected chi connectivity index (χ1v) is 32.2. The maximum atomic E-state index is 12.8. The van der Waals surface area contributed by atoms with E-state index in [1.165, 1.54) is 96.3 Å². The number of carbonyl (C=O) groups excluding carboxylic acids is 2. The largest absolute Gasteiger partial charge is 0.459 e. The highest BCUT2D eigenvalue weighted by Gasteiger charge is 2.63. The maximum Gasteiger partial charge on any atom is 0.338 e. The maximum absolute atomic E-state index is 12.8. The van der Waals surface area contributed by atoms with Gasteiger partial charge in [0.15, 0.2) is 0 Å². The van der Waals surface area contributed by atoms with Crippen molar-refractivity contribution in [3.8, 4) is 0 Å². The number of esters is 1. The van der Waals surface area contributed by atoms with Crippen molar-refractivity contribution in [1.29, 1.82) is 0 Å². The van der Waals surface area contributed by atoms with Crippen molar-refractivity contribution in [2.75, 3.05) is 0 Å². The summed E-state index contributed by atoms with van der Waals surface area (Å²) in [6.45, 7) is 28.3. The summed E-state index contributed by atoms with van der Waals surface area (Å²) in [7, 11) is 0. The van der Waals surface area contributed by atoms with Gasteiger partial charge in [0, 0.05) is 5.56 Å². The van der Waals surface area contributed by atoms with E-state index >= 15 is 0 Å². The molecule has 0 amide bonds. The van der Waals surface area contributed by atoms with Crippen LogP contribution in [-0.2, 0) is 4.74 Å². The molecule has 8 aliphatic carbocycles. The van der Waals surface area contributed by atoms with Crippen molar-refractivity contribution in [3.63, 3.8) is 0 Å². The summed E-state index contributed by atoms with van der Waals surface area (Å²) in [5, 5.41) is 31.4. The first-order chi connectivity index (χ1) is 36.2. The second-order valence-corrected chi connectivity index (χ2v) is 30.6. The van der Waals surface area contributed by atoms with E-state index in [0.717, 1.165) is 104 Å². The first kappa shape index (κ1) is 65.9. The van der Waals surface area contributed by atoms with Gasteiger partial charge < -0.3 is 20.1 Å². The van der Waals surface area contributed by atoms with Crippen LogP contribution in [0.15, 0.2) is 60.7 Å². The van der Waals surface area contributed by atoms with Crippen LogP contribution in [0.3, 0.4) is 0 Å². The molecule has 2 aromatic carbocycles. The fraction of sp³-hybridized carbons (Fsp3) is 0.806. The average molecular weight is 1110 g/mol. The first-order valence-electron chi connectivity index (χ1n) is 31.9. The average Bonchev–Trinajstić information content (AvgIpc) is 4.10. The summed E-state index contributed by atoms with van der Waals surface area (Å²) in [6, 6.07) is 18.2. The van der Waals surface area contributed by atoms with E-state index in [1.54, 1.807) is 24.3 Å². The molecule has 0 unspecified atom stereocenters. The highest BCUT2D eigenvalue weighted by atomic mass is 35.5. The van der Waals surface area contributed by atoms with Crippen LogP contribution >= 0.6 is 11.6 Å². The van der Waals surface area contributed by atoms with Gasteiger partial charge in [-0.1, -0.05) is 133 Å². The van der Waals surface area contributed by atoms with Crippen LogP contribution in [-0.4, -0.2) is 49.9 Å². The number of rotatable bonds is 13. The molecule has 7 heteroatoms. The molecule has 0 radical (unpaired) electrons. The zero-order chi connectivity index (χ0) is 55.9. The molecule has 0 aromatic heterocycles. The Morgan fingerprint density at radius 3 is 1.30 bits per heavy atom. The third-order valence-corrected chi connectivity index (χ3v) is 25.3. The summed E-state index contributed by atoms with van der Waals surface area (Å²) in [5.74, 6) is 10.3. The zero-order valence-corrected chi connectivity index (χ0v) is 51.3. The van der Waals surface area contributed by atoms with Crippen LogP contribution in [0.2, 0.25) is 0 Å². The monoisotopic (exact) mass is 1110 g/mol. The van der Waals surface area contributed by atoms with E-state index in [0.29, 0.717) is 56.5 Å². The van der Waals surface area contributed by atoms with Crippen molar-refractivity contribution in [2.45, 2.75) is 263 Å². The van der Waals surface area contributed by atoms with Crippen LogP contribution in [0, 0.1) is 105 Å². The molecule has 3 N–H and O–H groups in total. The summed E-state index contributed by atoms with van der Waals surface area (Å²) in [4.78, 5) is 23.2. The lowest BCUT2D eigenvalue weighted by atomic mass is 9.43. The quantitative estimate of drug-likeness (QED) is 0.136. The van der Waals surface area contributed by atoms with Gasteiger partial charge in [0.1, 0.15) is 6.10 Å². The predicted octanol–water partition coefficient (Wildman–Crippen LogP) is 18.9. The van der Waals surface area contributed by atoms with Gasteiger partial charge in [-0.3, -0.25) is 4.79 Å². The number of ether oxygens (including phenoxy) is 1. The van der Waals surface area contributed by atoms with Gasteiger partial charge in [0.05, 0.1) is 22.9 Å². The normalized spacial score (nSPS) is 40.4. The summed E-state index contributed by atoms with van der Waals surface area (Å²) < 4.78 is 6.03. The van der Waals surface area contributed by atoms with Gasteiger partial charge in [0.25, 0.3) is 5.24 Å². The van der Waals surface area contributed by atoms with Crippen molar-refractivity contribution >= 4 is 22.8 Å². The van der Waals surface area contributed by atoms with Crippen LogP contribution < -0.4 is 0 Å². The van der Waals surface area contributed by atoms with Gasteiger partial charge >= 0.3 is 5.97 Å². The topological polar surface area (TPSA) is 104 Å². The zero-order valence-electron chi connectivity index (χ0n) is 50.5. The molecule has 6 nitrogen and oxygen atoms in total. The molecule has 2 aromatic rings. The predicted molar refractivity (Wildman–Crippen MR) is 330 cm³/mol. The van der Waals surface area contributed by atoms with Crippen molar-refractivity contribution in [3.05, 3.63) is 71.8 Å². The molecule has 20 atom stereocenters. The number of carbonyl (C=O) groups is 2. The summed E-state index contributed by atoms with van der Waals surface area (Å²) in [6.07, 6.45) is 27.3. The van der Waals surface area contributed by atoms with Gasteiger partial charge in [0.2, 0.25) is 0 Å². The second kappa shape index (κ2) is 26.3. The highest BCUT2D eigenvalue weighted by Crippen LogP contribution is 2.71. The number of hydrogen-bond donors (Lipinski definition) is 3. The van der Waals surface area contributed by atoms with Crippen LogP contribution in [0.1, 0.15) is 260 Å². The minimum absolute atomic E-state index is 0. The Labute approximate surface area is 488 Å². The van der Waals surface area contributed by atoms with Gasteiger partial charge in [-0.25, -0.2) is 4.79 Å². The van der Waals surface area contributed by atoms with E-state index < -0.39 is 16.4 Å². The Balaban J connectivity index is 0.000000219. The van der Waals surface area contributed by atoms with Crippen LogP contribution in [0.25, 0.3) is 0 Å². The number of aliphatic hydroxyl groups is 3. The summed E-state index contributed by atoms with van der Waals surface area (Å²) in [5.41, 5.74) is 2.20. The van der Waals surface area contributed by atoms with Crippen molar-refractivity contribution in [1.82, 2.24) is 0 Å². The van der Waals surface area contributed by atoms with E-state index in [1.807, 2.05) is 36.4 Å². The standard InChI is InChI=1S/C35H54O3.C28H50O2.C7H5ClO.2CH4/c1-23(2)31(38-32(36)25-10-8-7-9-11-25)17-12-24(3)28-15-16-29-27-14-13-26-22-33(4,37)20-21-34(26,5)30(27)18-19-35(28,29)6;1-18(2)25(29)12-7-19(3)22-10-11-23-21-9-8-20-17-26(4,30)15-16-27(20,5)24(21)13-14-28(22,23)6;8-7(9)6-4-2-1-3-5-6;;/h7-11,23-24,26-31,37H,12-22H2,1-6H3;18-25,29-30H,7-17H2,1-6H3;1-5H;2*1H4/t24-,26+,27+,28-,29+,30+,31+,33+,34+,35-;19-,20+,21+,22-,23+,24+,25+,26+,27+,28-;;;/m11.../s1. The van der Waals surface area contributed by atoms with Gasteiger partial charge in [-0.2, -0.15) is 0 Å². The molecule has 8 fully saturated rings. The minimum Gasteiger partial charge on any atom is -0.459 e. The Bertz CT molecular complexity index is 2240. The lowest BCUT2D eigenvalue weighted by molar-refractivity contribution is -0.148. The minimum atomic E-state index is -0.447. The molecular formula is C72H117ClO6. The molecule has 0 heterocycles. The SMILES string of the molecule is C.C.CC(C)[C@@H](O)CC[C@@H](C)[C@H]1CC[C@H]2[C@@H]3CC[C@H]4C[C@@](C)(O)CC[C@]4(C)[C@H]3CC[C@]12C.CC(C)[C@H](CC[C@@H](C)[C@H]1CC[C@H]2[C@@H]3CC[C@H]4C[C@@](C)(O)CC[C@]4(C)[C@H]3CC[C@]12C)OC(=O)c1ccccc1.O=C(Cl)c1ccccc1. The number of hydrogen-bond acceptors (Lipinski definition) is 6. The smallest absolute Gasteiger partial charge is 0.338 e. The molecule has 0 bridgehead atoms. The van der Waals surface area contributed by atoms with E-state index in [9.17, 15) is 24.9 Å². The molecule has 8 saturated carbocycles. The Morgan fingerprint density at radius 2 is 0.911 bits per heavy atom. The van der Waals surface area contributed by atoms with E-state index in [4.69, 9.17) is 16.3 Å². The molecule has 448 valence electrons. The number of benzene rings is 2. The van der Waals surface area contributed by atoms with E-state index in [-0.39, 0.29) is 33.0 Å². The summed E-state index contributed by atoms with van der Waals surface area (Å²) >= 11 is 5.16. The number of aliphatic hydroxyl groups excluding tert-OH is 1. The molecule has 79 heavy (non-hydrogen) atoms. The molecule has 0 spiro atoms. The lowest BCUT2D eigenvalue weighted by Gasteiger charge is -2.62. The van der Waals surface area contributed by atoms with Crippen molar-refractivity contribution in [2.24, 2.45) is 105 Å². The Hall–Kier alpha value is -2.25. The van der Waals surface area contributed by atoms with Crippen LogP contribution in [0.4, 0.5) is 0 Å². The third-order valence-electron chi connectivity index (χ3n) is 25.0. The third kappa shape index (κ3) is 14.0. The molecular weight excluding hydrogens is 996 g/mol. The lowest BCUT2D eigenvalue weighted by Crippen LogP contribution is -2.55. The molecule has 10 rings (SSSR count). The van der Waals surface area contributed by atoms with E-state index in [2.05, 4.69) is 83.1 Å². The second-order valence-electron chi connectivity index (χ2n) is 30.3. The number of halogens is 1. The molecule has 0 aliphatic heterocycles. The van der Waals surface area contributed by atoms with Gasteiger partial charge in [-0.05, 0) is 283 Å². The van der Waals surface area contributed by atoms with Crippen molar-refractivity contribution < 1.29 is 29.6 Å². The molecule has 8 aliphatic rings. The fourth-order valence-corrected chi connectivity index (χ4v) is 20.4. The van der Waals surface area contributed by atoms with Gasteiger partial charge in [-0.15, -0.1) is 0 Å². The number of fused-ring (bicyclic) bond motifs is 10. The van der Waals surface area contributed by atoms with Crippen LogP contribution in [0.5, 0.6) is 0 Å². The highest BCUT2D eigenvalue weighted by molar-refractivity contribution is 6.67. The fourth-order valence-electron chi connectivity index (χ4n) is 20.3. The molecule has 0 saturated heterocycles.